The van der Waals surface area contributed by atoms with Gasteiger partial charge in [-0.25, -0.2) is 0 Å². The Bertz CT molecular complexity index is 132. The minimum atomic E-state index is 0. The van der Waals surface area contributed by atoms with Crippen LogP contribution >= 0.6 is 24.8 Å². The third-order valence-electron chi connectivity index (χ3n) is 3.20. The zero-order valence-electron chi connectivity index (χ0n) is 8.71. The average molecular weight is 241 g/mol. The normalized spacial score (nSPS) is 24.0. The van der Waals surface area contributed by atoms with Gasteiger partial charge in [-0.05, 0) is 18.8 Å². The summed E-state index contributed by atoms with van der Waals surface area (Å²) in [6.07, 6.45) is 5.95. The van der Waals surface area contributed by atoms with Gasteiger partial charge in [0.15, 0.2) is 0 Å². The molecule has 0 amide bonds. The maximum atomic E-state index is 3.40. The van der Waals surface area contributed by atoms with Crippen LogP contribution in [0, 0.1) is 5.92 Å². The van der Waals surface area contributed by atoms with E-state index in [4.69, 9.17) is 0 Å². The van der Waals surface area contributed by atoms with Crippen LogP contribution in [0.3, 0.4) is 0 Å². The predicted molar refractivity (Wildman–Crippen MR) is 65.8 cm³/mol. The molecule has 1 aliphatic heterocycles. The van der Waals surface area contributed by atoms with Crippen molar-refractivity contribution in [3.05, 3.63) is 0 Å². The molecule has 0 atom stereocenters. The molecule has 0 aromatic rings. The van der Waals surface area contributed by atoms with Crippen LogP contribution in [-0.2, 0) is 0 Å². The molecule has 0 radical (unpaired) electrons. The largest absolute Gasteiger partial charge is 0.314 e. The van der Waals surface area contributed by atoms with Gasteiger partial charge >= 0.3 is 0 Å². The van der Waals surface area contributed by atoms with Crippen molar-refractivity contribution < 1.29 is 0 Å². The van der Waals surface area contributed by atoms with E-state index >= 15 is 0 Å². The minimum absolute atomic E-state index is 0. The molecule has 0 unspecified atom stereocenters. The van der Waals surface area contributed by atoms with Crippen molar-refractivity contribution in [3.8, 4) is 0 Å². The van der Waals surface area contributed by atoms with Gasteiger partial charge in [0.1, 0.15) is 0 Å². The average Bonchev–Trinajstić information content (AvgIpc) is 2.59. The fraction of sp³-hybridized carbons (Fsp3) is 1.00. The summed E-state index contributed by atoms with van der Waals surface area (Å²) < 4.78 is 0. The van der Waals surface area contributed by atoms with Gasteiger partial charge in [-0.2, -0.15) is 0 Å². The fourth-order valence-electron chi connectivity index (χ4n) is 2.45. The van der Waals surface area contributed by atoms with Gasteiger partial charge in [0.25, 0.3) is 0 Å². The molecule has 0 aromatic carbocycles. The molecule has 1 saturated carbocycles. The van der Waals surface area contributed by atoms with Crippen molar-refractivity contribution in [1.82, 2.24) is 10.2 Å². The van der Waals surface area contributed by atoms with Crippen molar-refractivity contribution in [2.45, 2.75) is 25.7 Å². The smallest absolute Gasteiger partial charge is 0.0107 e. The van der Waals surface area contributed by atoms with E-state index < -0.39 is 0 Å². The molecule has 0 spiro atoms. The third kappa shape index (κ3) is 4.35. The van der Waals surface area contributed by atoms with E-state index in [0.717, 1.165) is 5.92 Å². The third-order valence-corrected chi connectivity index (χ3v) is 3.20. The Labute approximate surface area is 99.6 Å². The topological polar surface area (TPSA) is 15.3 Å². The number of piperazine rings is 1. The van der Waals surface area contributed by atoms with Gasteiger partial charge in [-0.3, -0.25) is 0 Å². The lowest BCUT2D eigenvalue weighted by molar-refractivity contribution is 0.207. The molecule has 1 N–H and O–H groups in total. The van der Waals surface area contributed by atoms with Crippen molar-refractivity contribution >= 4 is 24.8 Å². The second kappa shape index (κ2) is 7.75. The van der Waals surface area contributed by atoms with E-state index in [9.17, 15) is 0 Å². The molecule has 1 heterocycles. The maximum Gasteiger partial charge on any atom is 0.0107 e. The molecule has 2 rings (SSSR count). The molecule has 2 fully saturated rings. The SMILES string of the molecule is C1CCC(CN2CCNCC2)C1.Cl.Cl. The summed E-state index contributed by atoms with van der Waals surface area (Å²) in [6, 6.07) is 0. The van der Waals surface area contributed by atoms with Crippen molar-refractivity contribution in [2.75, 3.05) is 32.7 Å². The second-order valence-corrected chi connectivity index (χ2v) is 4.20. The Hall–Kier alpha value is 0.500. The number of halogens is 2. The number of hydrogen-bond acceptors (Lipinski definition) is 2. The van der Waals surface area contributed by atoms with E-state index in [2.05, 4.69) is 10.2 Å². The zero-order valence-corrected chi connectivity index (χ0v) is 10.3. The van der Waals surface area contributed by atoms with Crippen LogP contribution in [0.5, 0.6) is 0 Å². The van der Waals surface area contributed by atoms with Gasteiger partial charge in [0.05, 0.1) is 0 Å². The molecule has 4 heteroatoms. The Morgan fingerprint density at radius 3 is 2.14 bits per heavy atom. The highest BCUT2D eigenvalue weighted by molar-refractivity contribution is 5.85. The first-order valence-corrected chi connectivity index (χ1v) is 5.38. The van der Waals surface area contributed by atoms with E-state index in [1.807, 2.05) is 0 Å². The Morgan fingerprint density at radius 1 is 1.00 bits per heavy atom. The predicted octanol–water partition coefficient (Wildman–Crippen LogP) is 1.93. The standard InChI is InChI=1S/C10H20N2.2ClH/c1-2-4-10(3-1)9-12-7-5-11-6-8-12;;/h10-11H,1-9H2;2*1H. The van der Waals surface area contributed by atoms with Gasteiger partial charge < -0.3 is 10.2 Å². The van der Waals surface area contributed by atoms with Gasteiger partial charge in [-0.15, -0.1) is 24.8 Å². The molecule has 1 saturated heterocycles. The van der Waals surface area contributed by atoms with Crippen LogP contribution in [0.4, 0.5) is 0 Å². The van der Waals surface area contributed by atoms with E-state index in [0.29, 0.717) is 0 Å². The fourth-order valence-corrected chi connectivity index (χ4v) is 2.45. The number of nitrogens with zero attached hydrogens (tertiary/aromatic N) is 1. The van der Waals surface area contributed by atoms with Crippen LogP contribution in [0.1, 0.15) is 25.7 Å². The molecule has 1 aliphatic carbocycles. The second-order valence-electron chi connectivity index (χ2n) is 4.20. The Balaban J connectivity index is 0.000000845. The van der Waals surface area contributed by atoms with E-state index in [1.54, 1.807) is 0 Å². The monoisotopic (exact) mass is 240 g/mol. The number of rotatable bonds is 2. The summed E-state index contributed by atoms with van der Waals surface area (Å²) in [4.78, 5) is 2.63. The highest BCUT2D eigenvalue weighted by Crippen LogP contribution is 2.25. The Kier molecular flexibility index (Phi) is 8.02. The van der Waals surface area contributed by atoms with Crippen LogP contribution in [-0.4, -0.2) is 37.6 Å². The molecule has 14 heavy (non-hydrogen) atoms. The summed E-state index contributed by atoms with van der Waals surface area (Å²) in [6.45, 7) is 6.33. The van der Waals surface area contributed by atoms with Crippen LogP contribution in [0.25, 0.3) is 0 Å². The molecular weight excluding hydrogens is 219 g/mol. The quantitative estimate of drug-likeness (QED) is 0.794. The van der Waals surface area contributed by atoms with Crippen molar-refractivity contribution in [3.63, 3.8) is 0 Å². The molecule has 0 bridgehead atoms. The molecule has 86 valence electrons. The summed E-state index contributed by atoms with van der Waals surface area (Å²) in [5, 5.41) is 3.40. The summed E-state index contributed by atoms with van der Waals surface area (Å²) in [5.41, 5.74) is 0. The molecular formula is C10H22Cl2N2. The zero-order chi connectivity index (χ0) is 8.23. The summed E-state index contributed by atoms with van der Waals surface area (Å²) >= 11 is 0. The first-order valence-electron chi connectivity index (χ1n) is 5.38. The van der Waals surface area contributed by atoms with Gasteiger partial charge in [0, 0.05) is 32.7 Å². The molecule has 2 nitrogen and oxygen atoms in total. The van der Waals surface area contributed by atoms with Crippen molar-refractivity contribution in [1.29, 1.82) is 0 Å². The highest BCUT2D eigenvalue weighted by atomic mass is 35.5. The lowest BCUT2D eigenvalue weighted by Crippen LogP contribution is -2.45. The highest BCUT2D eigenvalue weighted by Gasteiger charge is 2.19. The maximum absolute atomic E-state index is 3.40. The molecule has 0 aromatic heterocycles. The molecule has 2 aliphatic rings. The summed E-state index contributed by atoms with van der Waals surface area (Å²) in [7, 11) is 0. The first-order chi connectivity index (χ1) is 5.95. The number of hydrogen-bond donors (Lipinski definition) is 1. The van der Waals surface area contributed by atoms with Crippen LogP contribution in [0.15, 0.2) is 0 Å². The first kappa shape index (κ1) is 14.5. The Morgan fingerprint density at radius 2 is 1.57 bits per heavy atom. The van der Waals surface area contributed by atoms with Gasteiger partial charge in [0.2, 0.25) is 0 Å². The lowest BCUT2D eigenvalue weighted by Gasteiger charge is -2.29. The van der Waals surface area contributed by atoms with Crippen LogP contribution in [0.2, 0.25) is 0 Å². The minimum Gasteiger partial charge on any atom is -0.314 e. The van der Waals surface area contributed by atoms with E-state index in [1.165, 1.54) is 58.4 Å². The van der Waals surface area contributed by atoms with Crippen molar-refractivity contribution in [2.24, 2.45) is 5.92 Å². The van der Waals surface area contributed by atoms with E-state index in [-0.39, 0.29) is 24.8 Å². The number of nitrogens with one attached hydrogen (secondary N) is 1. The summed E-state index contributed by atoms with van der Waals surface area (Å²) in [5.74, 6) is 1.03. The lowest BCUT2D eigenvalue weighted by atomic mass is 10.1. The van der Waals surface area contributed by atoms with Crippen LogP contribution < -0.4 is 5.32 Å². The van der Waals surface area contributed by atoms with Gasteiger partial charge in [-0.1, -0.05) is 12.8 Å².